The number of carbonyl (C=O) groups is 2. The van der Waals surface area contributed by atoms with Crippen LogP contribution in [0.1, 0.15) is 37.2 Å². The predicted molar refractivity (Wildman–Crippen MR) is 126 cm³/mol. The molecule has 0 spiro atoms. The number of unbranched alkanes of at least 4 members (excludes halogenated alkanes) is 1. The van der Waals surface area contributed by atoms with Gasteiger partial charge in [-0.25, -0.2) is 8.78 Å². The summed E-state index contributed by atoms with van der Waals surface area (Å²) in [5.41, 5.74) is 2.94. The van der Waals surface area contributed by atoms with Gasteiger partial charge in [0.05, 0.1) is 0 Å². The normalized spacial score (nSPS) is 23.1. The first-order valence-corrected chi connectivity index (χ1v) is 12.5. The second-order valence-corrected chi connectivity index (χ2v) is 9.98. The van der Waals surface area contributed by atoms with Crippen LogP contribution in [-0.4, -0.2) is 58.9 Å². The van der Waals surface area contributed by atoms with Gasteiger partial charge in [-0.05, 0) is 73.8 Å². The standard InChI is InChI=1S/C25H27F2N3O2S/c26-17-3-6-19(7-4-17)30-22-8-5-18(27)15-20(22)21-16-28(13-9-23(21)30)11-1-2-12-29-24(31)10-14-33-25(29)32/h3-8,15,21,23H,1-2,9-14,16H2/t21-,23+/m0/s1. The summed E-state index contributed by atoms with van der Waals surface area (Å²) in [5.74, 6) is 0.192. The van der Waals surface area contributed by atoms with Gasteiger partial charge < -0.3 is 9.80 Å². The number of likely N-dealkylation sites (tertiary alicyclic amines) is 1. The summed E-state index contributed by atoms with van der Waals surface area (Å²) in [6.07, 6.45) is 3.05. The van der Waals surface area contributed by atoms with Gasteiger partial charge in [-0.15, -0.1) is 0 Å². The van der Waals surface area contributed by atoms with Gasteiger partial charge in [0.15, 0.2) is 0 Å². The minimum atomic E-state index is -0.268. The summed E-state index contributed by atoms with van der Waals surface area (Å²) in [6, 6.07) is 11.7. The first-order valence-electron chi connectivity index (χ1n) is 11.5. The fraction of sp³-hybridized carbons (Fsp3) is 0.440. The van der Waals surface area contributed by atoms with Crippen LogP contribution in [0, 0.1) is 11.6 Å². The van der Waals surface area contributed by atoms with E-state index in [0.29, 0.717) is 18.7 Å². The molecule has 2 aromatic carbocycles. The summed E-state index contributed by atoms with van der Waals surface area (Å²) in [6.45, 7) is 3.12. The molecule has 2 atom stereocenters. The average molecular weight is 472 g/mol. The Morgan fingerprint density at radius 3 is 2.52 bits per heavy atom. The van der Waals surface area contributed by atoms with Crippen LogP contribution in [0.4, 0.5) is 25.0 Å². The van der Waals surface area contributed by atoms with E-state index in [1.54, 1.807) is 18.2 Å². The lowest BCUT2D eigenvalue weighted by atomic mass is 9.89. The summed E-state index contributed by atoms with van der Waals surface area (Å²) in [4.78, 5) is 29.9. The molecule has 0 aliphatic carbocycles. The number of amides is 2. The lowest BCUT2D eigenvalue weighted by molar-refractivity contribution is -0.127. The third kappa shape index (κ3) is 4.51. The van der Waals surface area contributed by atoms with E-state index in [-0.39, 0.29) is 34.7 Å². The third-order valence-corrected chi connectivity index (χ3v) is 7.79. The minimum Gasteiger partial charge on any atom is -0.337 e. The Kier molecular flexibility index (Phi) is 6.38. The highest BCUT2D eigenvalue weighted by Gasteiger charge is 2.42. The molecule has 3 aliphatic rings. The van der Waals surface area contributed by atoms with Gasteiger partial charge in [-0.2, -0.15) is 0 Å². The lowest BCUT2D eigenvalue weighted by Gasteiger charge is -2.39. The van der Waals surface area contributed by atoms with Gasteiger partial charge in [0.25, 0.3) is 5.24 Å². The third-order valence-electron chi connectivity index (χ3n) is 6.91. The van der Waals surface area contributed by atoms with Crippen molar-refractivity contribution in [1.29, 1.82) is 0 Å². The average Bonchev–Trinajstić information content (AvgIpc) is 3.12. The van der Waals surface area contributed by atoms with Crippen molar-refractivity contribution in [2.24, 2.45) is 0 Å². The van der Waals surface area contributed by atoms with Gasteiger partial charge in [0, 0.05) is 55.1 Å². The van der Waals surface area contributed by atoms with Gasteiger partial charge in [0.2, 0.25) is 5.91 Å². The van der Waals surface area contributed by atoms with Crippen LogP contribution in [0.3, 0.4) is 0 Å². The summed E-state index contributed by atoms with van der Waals surface area (Å²) >= 11 is 1.22. The van der Waals surface area contributed by atoms with E-state index in [2.05, 4.69) is 9.80 Å². The lowest BCUT2D eigenvalue weighted by Crippen LogP contribution is -2.45. The number of thioether (sulfide) groups is 1. The van der Waals surface area contributed by atoms with Crippen LogP contribution in [0.5, 0.6) is 0 Å². The molecule has 3 aliphatic heterocycles. The van der Waals surface area contributed by atoms with Crippen LogP contribution in [0.15, 0.2) is 42.5 Å². The molecule has 0 N–H and O–H groups in total. The molecule has 33 heavy (non-hydrogen) atoms. The molecule has 174 valence electrons. The molecule has 0 bridgehead atoms. The monoisotopic (exact) mass is 471 g/mol. The molecule has 2 fully saturated rings. The van der Waals surface area contributed by atoms with Gasteiger partial charge in [-0.1, -0.05) is 11.8 Å². The zero-order chi connectivity index (χ0) is 22.9. The smallest absolute Gasteiger partial charge is 0.288 e. The molecule has 0 saturated carbocycles. The fourth-order valence-corrected chi connectivity index (χ4v) is 6.14. The maximum absolute atomic E-state index is 14.1. The van der Waals surface area contributed by atoms with E-state index in [9.17, 15) is 18.4 Å². The number of benzene rings is 2. The van der Waals surface area contributed by atoms with Crippen molar-refractivity contribution in [2.45, 2.75) is 37.6 Å². The van der Waals surface area contributed by atoms with E-state index >= 15 is 0 Å². The number of anilines is 2. The van der Waals surface area contributed by atoms with E-state index < -0.39 is 0 Å². The second-order valence-electron chi connectivity index (χ2n) is 8.93. The number of piperidine rings is 1. The van der Waals surface area contributed by atoms with Crippen molar-refractivity contribution >= 4 is 34.3 Å². The Bertz CT molecular complexity index is 1030. The fourth-order valence-electron chi connectivity index (χ4n) is 5.34. The molecule has 5 rings (SSSR count). The number of halogens is 2. The molecule has 2 amide bonds. The van der Waals surface area contributed by atoms with Crippen LogP contribution in [0.25, 0.3) is 0 Å². The van der Waals surface area contributed by atoms with Gasteiger partial charge in [-0.3, -0.25) is 14.5 Å². The first-order chi connectivity index (χ1) is 16.0. The predicted octanol–water partition coefficient (Wildman–Crippen LogP) is 5.14. The SMILES string of the molecule is O=C1CCSC(=O)N1CCCCN1CC[C@@H]2[C@@H](C1)c1cc(F)ccc1N2c1ccc(F)cc1. The second kappa shape index (κ2) is 9.43. The topological polar surface area (TPSA) is 43.9 Å². The highest BCUT2D eigenvalue weighted by Crippen LogP contribution is 2.48. The van der Waals surface area contributed by atoms with Crippen LogP contribution < -0.4 is 4.90 Å². The minimum absolute atomic E-state index is 0.0648. The van der Waals surface area contributed by atoms with Gasteiger partial charge in [0.1, 0.15) is 11.6 Å². The Morgan fingerprint density at radius 1 is 0.970 bits per heavy atom. The molecule has 0 radical (unpaired) electrons. The number of nitrogens with zero attached hydrogens (tertiary/aromatic N) is 3. The van der Waals surface area contributed by atoms with Crippen molar-refractivity contribution in [3.63, 3.8) is 0 Å². The maximum Gasteiger partial charge on any atom is 0.288 e. The summed E-state index contributed by atoms with van der Waals surface area (Å²) < 4.78 is 27.6. The molecule has 2 saturated heterocycles. The van der Waals surface area contributed by atoms with Crippen LogP contribution >= 0.6 is 11.8 Å². The number of hydrogen-bond donors (Lipinski definition) is 0. The van der Waals surface area contributed by atoms with Crippen molar-refractivity contribution in [1.82, 2.24) is 9.80 Å². The molecular weight excluding hydrogens is 444 g/mol. The number of hydrogen-bond acceptors (Lipinski definition) is 5. The zero-order valence-corrected chi connectivity index (χ0v) is 19.2. The summed E-state index contributed by atoms with van der Waals surface area (Å²) in [5, 5.41) is -0.127. The van der Waals surface area contributed by atoms with Gasteiger partial charge >= 0.3 is 0 Å². The van der Waals surface area contributed by atoms with Crippen molar-refractivity contribution in [3.05, 3.63) is 59.7 Å². The molecular formula is C25H27F2N3O2S. The molecule has 3 heterocycles. The van der Waals surface area contributed by atoms with Crippen LogP contribution in [0.2, 0.25) is 0 Å². The number of fused-ring (bicyclic) bond motifs is 3. The Morgan fingerprint density at radius 2 is 1.73 bits per heavy atom. The highest BCUT2D eigenvalue weighted by atomic mass is 32.2. The van der Waals surface area contributed by atoms with E-state index in [1.807, 2.05) is 6.07 Å². The summed E-state index contributed by atoms with van der Waals surface area (Å²) in [7, 11) is 0. The first kappa shape index (κ1) is 22.3. The molecule has 8 heteroatoms. The van der Waals surface area contributed by atoms with Crippen LogP contribution in [-0.2, 0) is 4.79 Å². The number of rotatable bonds is 6. The van der Waals surface area contributed by atoms with Crippen molar-refractivity contribution in [2.75, 3.05) is 36.8 Å². The molecule has 0 aromatic heterocycles. The van der Waals surface area contributed by atoms with E-state index in [4.69, 9.17) is 0 Å². The van der Waals surface area contributed by atoms with E-state index in [0.717, 1.165) is 55.8 Å². The number of imide groups is 1. The Hall–Kier alpha value is -2.45. The molecule has 2 aromatic rings. The van der Waals surface area contributed by atoms with Crippen molar-refractivity contribution in [3.8, 4) is 0 Å². The van der Waals surface area contributed by atoms with Crippen molar-refractivity contribution < 1.29 is 18.4 Å². The largest absolute Gasteiger partial charge is 0.337 e. The maximum atomic E-state index is 14.1. The molecule has 0 unspecified atom stereocenters. The number of carbonyl (C=O) groups excluding carboxylic acids is 2. The quantitative estimate of drug-likeness (QED) is 0.546. The Balaban J connectivity index is 1.24. The highest BCUT2D eigenvalue weighted by molar-refractivity contribution is 8.13. The Labute approximate surface area is 196 Å². The molecule has 5 nitrogen and oxygen atoms in total. The zero-order valence-electron chi connectivity index (χ0n) is 18.4. The van der Waals surface area contributed by atoms with E-state index in [1.165, 1.54) is 34.9 Å².